The minimum Gasteiger partial charge on any atom is -0.467 e. The highest BCUT2D eigenvalue weighted by Gasteiger charge is 2.34. The number of nitrogens with one attached hydrogen (secondary N) is 2. The molecule has 2 amide bonds. The van der Waals surface area contributed by atoms with E-state index in [4.69, 9.17) is 14.2 Å². The van der Waals surface area contributed by atoms with E-state index in [2.05, 4.69) is 21.6 Å². The molecule has 292 valence electrons. The first-order valence-electron chi connectivity index (χ1n) is 19.0. The lowest BCUT2D eigenvalue weighted by atomic mass is 9.97. The van der Waals surface area contributed by atoms with Crippen molar-refractivity contribution in [3.05, 3.63) is 167 Å². The Bertz CT molecular complexity index is 2010. The fraction of sp³-hybridized carbons (Fsp3) is 0.304. The summed E-state index contributed by atoms with van der Waals surface area (Å²) in [6.45, 7) is 2.81. The Kier molecular flexibility index (Phi) is 14.0. The molecular weight excluding hydrogens is 707 g/mol. The second-order valence-electron chi connectivity index (χ2n) is 14.3. The van der Waals surface area contributed by atoms with Gasteiger partial charge >= 0.3 is 12.0 Å². The largest absolute Gasteiger partial charge is 0.467 e. The Morgan fingerprint density at radius 3 is 2.16 bits per heavy atom. The SMILES string of the molecule is COC(=O)[C@H](Cc1ccccc1)NC(=O)NCc1cccc(-c2cccc([C@H]3O[C@@H](CN(C)[C@H](C)[C@@H](O)c4ccccc4)C[C@@H](c4ccc(CO)cc4)O3)c2)c1. The highest BCUT2D eigenvalue weighted by atomic mass is 16.7. The standard InChI is InChI=1S/C46H51N3O7/c1-31(43(51)36-15-8-5-9-16-36)49(2)29-40-27-42(35-22-20-33(30-50)21-23-35)56-45(55-40)39-19-11-18-38(26-39)37-17-10-14-34(24-37)28-47-46(53)48-41(44(52)54-3)25-32-12-6-4-7-13-32/h4-24,26,31,40-43,45,50-51H,25,27-30H2,1-3H3,(H2,47,48,53)/t31-,40-,41+,42+,43-,45+/m1/s1. The molecule has 10 nitrogen and oxygen atoms in total. The van der Waals surface area contributed by atoms with Crippen LogP contribution in [-0.4, -0.2) is 66.0 Å². The maximum absolute atomic E-state index is 12.9. The van der Waals surface area contributed by atoms with Crippen molar-refractivity contribution in [1.82, 2.24) is 15.5 Å². The van der Waals surface area contributed by atoms with Crippen LogP contribution in [-0.2, 0) is 38.6 Å². The van der Waals surface area contributed by atoms with Gasteiger partial charge in [0.25, 0.3) is 0 Å². The molecule has 10 heteroatoms. The van der Waals surface area contributed by atoms with Crippen LogP contribution in [0.5, 0.6) is 0 Å². The average Bonchev–Trinajstić information content (AvgIpc) is 3.25. The van der Waals surface area contributed by atoms with Gasteiger partial charge in [-0.25, -0.2) is 9.59 Å². The van der Waals surface area contributed by atoms with Crippen molar-refractivity contribution in [2.24, 2.45) is 0 Å². The summed E-state index contributed by atoms with van der Waals surface area (Å²) in [5.41, 5.74) is 7.25. The van der Waals surface area contributed by atoms with Crippen molar-refractivity contribution >= 4 is 12.0 Å². The number of urea groups is 1. The Morgan fingerprint density at radius 2 is 1.46 bits per heavy atom. The van der Waals surface area contributed by atoms with E-state index in [1.165, 1.54) is 7.11 Å². The maximum atomic E-state index is 12.9. The van der Waals surface area contributed by atoms with E-state index in [9.17, 15) is 19.8 Å². The number of aliphatic hydroxyl groups excluding tert-OH is 2. The summed E-state index contributed by atoms with van der Waals surface area (Å²) in [5.74, 6) is -0.516. The third-order valence-electron chi connectivity index (χ3n) is 10.3. The summed E-state index contributed by atoms with van der Waals surface area (Å²) in [7, 11) is 3.31. The lowest BCUT2D eigenvalue weighted by Gasteiger charge is -2.39. The van der Waals surface area contributed by atoms with E-state index < -0.39 is 30.4 Å². The molecule has 5 aromatic carbocycles. The highest BCUT2D eigenvalue weighted by molar-refractivity contribution is 5.83. The number of rotatable bonds is 15. The molecule has 0 bridgehead atoms. The number of methoxy groups -OCH3 is 1. The molecule has 0 spiro atoms. The van der Waals surface area contributed by atoms with Gasteiger partial charge in [0.2, 0.25) is 0 Å². The van der Waals surface area contributed by atoms with Crippen LogP contribution in [0.1, 0.15) is 65.2 Å². The summed E-state index contributed by atoms with van der Waals surface area (Å²) in [6, 6.07) is 41.5. The van der Waals surface area contributed by atoms with Gasteiger partial charge in [0.15, 0.2) is 6.29 Å². The molecule has 6 rings (SSSR count). The summed E-state index contributed by atoms with van der Waals surface area (Å²) in [6.07, 6.45) is -0.862. The van der Waals surface area contributed by atoms with Gasteiger partial charge in [0.05, 0.1) is 32.0 Å². The van der Waals surface area contributed by atoms with Crippen LogP contribution in [0.4, 0.5) is 4.79 Å². The average molecular weight is 758 g/mol. The second kappa shape index (κ2) is 19.5. The lowest BCUT2D eigenvalue weighted by Crippen LogP contribution is -2.47. The second-order valence-corrected chi connectivity index (χ2v) is 14.3. The highest BCUT2D eigenvalue weighted by Crippen LogP contribution is 2.39. The van der Waals surface area contributed by atoms with Crippen molar-refractivity contribution in [3.8, 4) is 11.1 Å². The van der Waals surface area contributed by atoms with Gasteiger partial charge in [-0.15, -0.1) is 0 Å². The zero-order chi connectivity index (χ0) is 39.4. The number of amides is 2. The van der Waals surface area contributed by atoms with Gasteiger partial charge in [0.1, 0.15) is 6.04 Å². The summed E-state index contributed by atoms with van der Waals surface area (Å²) in [4.78, 5) is 27.5. The summed E-state index contributed by atoms with van der Waals surface area (Å²) < 4.78 is 18.3. The summed E-state index contributed by atoms with van der Waals surface area (Å²) in [5, 5.41) is 26.4. The van der Waals surface area contributed by atoms with Crippen molar-refractivity contribution in [1.29, 1.82) is 0 Å². The van der Waals surface area contributed by atoms with Crippen molar-refractivity contribution in [2.45, 2.75) is 69.6 Å². The fourth-order valence-corrected chi connectivity index (χ4v) is 6.99. The van der Waals surface area contributed by atoms with Crippen molar-refractivity contribution < 1.29 is 34.0 Å². The van der Waals surface area contributed by atoms with Gasteiger partial charge in [0, 0.05) is 37.5 Å². The lowest BCUT2D eigenvalue weighted by molar-refractivity contribution is -0.253. The Hall–Kier alpha value is -5.36. The molecule has 5 aromatic rings. The molecule has 0 aromatic heterocycles. The normalized spacial score (nSPS) is 18.4. The van der Waals surface area contributed by atoms with Crippen molar-refractivity contribution in [2.75, 3.05) is 20.7 Å². The minimum atomic E-state index is -0.829. The molecule has 56 heavy (non-hydrogen) atoms. The third kappa shape index (κ3) is 10.7. The Morgan fingerprint density at radius 1 is 0.804 bits per heavy atom. The van der Waals surface area contributed by atoms with Gasteiger partial charge in [-0.3, -0.25) is 4.90 Å². The summed E-state index contributed by atoms with van der Waals surface area (Å²) >= 11 is 0. The van der Waals surface area contributed by atoms with Gasteiger partial charge in [-0.05, 0) is 65.0 Å². The molecule has 1 heterocycles. The number of hydrogen-bond donors (Lipinski definition) is 4. The molecular formula is C46H51N3O7. The number of carbonyl (C=O) groups excluding carboxylic acids is 2. The van der Waals surface area contributed by atoms with E-state index >= 15 is 0 Å². The van der Waals surface area contributed by atoms with Crippen LogP contribution in [0.15, 0.2) is 133 Å². The Labute approximate surface area is 329 Å². The monoisotopic (exact) mass is 757 g/mol. The smallest absolute Gasteiger partial charge is 0.328 e. The Balaban J connectivity index is 1.15. The molecule has 1 aliphatic rings. The first-order valence-corrected chi connectivity index (χ1v) is 19.0. The molecule has 1 fully saturated rings. The van der Waals surface area contributed by atoms with E-state index in [1.807, 2.05) is 141 Å². The van der Waals surface area contributed by atoms with Crippen LogP contribution >= 0.6 is 0 Å². The number of aliphatic hydroxyl groups is 2. The minimum absolute atomic E-state index is 0.0333. The predicted molar refractivity (Wildman–Crippen MR) is 215 cm³/mol. The van der Waals surface area contributed by atoms with Crippen LogP contribution in [0, 0.1) is 0 Å². The molecule has 0 unspecified atom stereocenters. The van der Waals surface area contributed by atoms with Gasteiger partial charge in [-0.2, -0.15) is 0 Å². The van der Waals surface area contributed by atoms with Crippen LogP contribution in [0.2, 0.25) is 0 Å². The van der Waals surface area contributed by atoms with E-state index in [0.29, 0.717) is 19.4 Å². The number of esters is 1. The predicted octanol–water partition coefficient (Wildman–Crippen LogP) is 7.03. The number of carbonyl (C=O) groups is 2. The number of nitrogens with zero attached hydrogens (tertiary/aromatic N) is 1. The first-order chi connectivity index (χ1) is 27.2. The van der Waals surface area contributed by atoms with E-state index in [1.54, 1.807) is 0 Å². The number of likely N-dealkylation sites (N-methyl/N-ethyl adjacent to an activating group) is 1. The molecule has 6 atom stereocenters. The van der Waals surface area contributed by atoms with E-state index in [-0.39, 0.29) is 31.4 Å². The molecule has 1 aliphatic heterocycles. The number of ether oxygens (including phenoxy) is 3. The number of benzene rings is 5. The zero-order valence-corrected chi connectivity index (χ0v) is 32.1. The van der Waals surface area contributed by atoms with E-state index in [0.717, 1.165) is 44.5 Å². The maximum Gasteiger partial charge on any atom is 0.328 e. The molecule has 0 aliphatic carbocycles. The van der Waals surface area contributed by atoms with Crippen LogP contribution < -0.4 is 10.6 Å². The first kappa shape index (κ1) is 40.3. The quantitative estimate of drug-likeness (QED) is 0.0839. The fourth-order valence-electron chi connectivity index (χ4n) is 6.99. The number of hydrogen-bond acceptors (Lipinski definition) is 8. The van der Waals surface area contributed by atoms with Crippen LogP contribution in [0.25, 0.3) is 11.1 Å². The molecule has 0 saturated carbocycles. The topological polar surface area (TPSA) is 130 Å². The molecule has 0 radical (unpaired) electrons. The van der Waals surface area contributed by atoms with Gasteiger partial charge < -0.3 is 35.1 Å². The molecule has 1 saturated heterocycles. The van der Waals surface area contributed by atoms with Gasteiger partial charge in [-0.1, -0.05) is 121 Å². The molecule has 4 N–H and O–H groups in total. The third-order valence-corrected chi connectivity index (χ3v) is 10.3. The zero-order valence-electron chi connectivity index (χ0n) is 32.1. The van der Waals surface area contributed by atoms with Crippen molar-refractivity contribution in [3.63, 3.8) is 0 Å². The van der Waals surface area contributed by atoms with Crippen LogP contribution in [0.3, 0.4) is 0 Å².